The van der Waals surface area contributed by atoms with Gasteiger partial charge in [0.25, 0.3) is 0 Å². The fourth-order valence-corrected chi connectivity index (χ4v) is 1.94. The number of hydrogen-bond donors (Lipinski definition) is 2. The SMILES string of the molecule is CCNCCC(=O)Nc1cccc2ccc(C)nc12. The second-order valence-corrected chi connectivity index (χ2v) is 4.48. The number of anilines is 1. The number of para-hydroxylation sites is 1. The van der Waals surface area contributed by atoms with Crippen molar-refractivity contribution in [1.82, 2.24) is 10.3 Å². The molecular weight excluding hydrogens is 238 g/mol. The number of carbonyl (C=O) groups is 1. The summed E-state index contributed by atoms with van der Waals surface area (Å²) in [4.78, 5) is 16.3. The molecule has 19 heavy (non-hydrogen) atoms. The smallest absolute Gasteiger partial charge is 0.225 e. The van der Waals surface area contributed by atoms with Crippen LogP contribution in [0.15, 0.2) is 30.3 Å². The topological polar surface area (TPSA) is 54.0 Å². The molecule has 0 bridgehead atoms. The number of amides is 1. The molecule has 4 heteroatoms. The molecule has 1 amide bonds. The Bertz CT molecular complexity index is 581. The molecule has 2 rings (SSSR count). The van der Waals surface area contributed by atoms with Gasteiger partial charge in [-0.1, -0.05) is 25.1 Å². The number of aryl methyl sites for hydroxylation is 1. The van der Waals surface area contributed by atoms with Crippen LogP contribution in [0.1, 0.15) is 19.0 Å². The van der Waals surface area contributed by atoms with Crippen molar-refractivity contribution in [2.24, 2.45) is 0 Å². The van der Waals surface area contributed by atoms with Gasteiger partial charge in [-0.3, -0.25) is 9.78 Å². The molecule has 4 nitrogen and oxygen atoms in total. The molecule has 0 unspecified atom stereocenters. The highest BCUT2D eigenvalue weighted by atomic mass is 16.1. The summed E-state index contributed by atoms with van der Waals surface area (Å²) < 4.78 is 0. The predicted molar refractivity (Wildman–Crippen MR) is 78.3 cm³/mol. The van der Waals surface area contributed by atoms with E-state index in [-0.39, 0.29) is 5.91 Å². The lowest BCUT2D eigenvalue weighted by atomic mass is 10.1. The van der Waals surface area contributed by atoms with Crippen LogP contribution in [-0.2, 0) is 4.79 Å². The van der Waals surface area contributed by atoms with Gasteiger partial charge in [-0.15, -0.1) is 0 Å². The summed E-state index contributed by atoms with van der Waals surface area (Å²) in [5.41, 5.74) is 2.57. The monoisotopic (exact) mass is 257 g/mol. The standard InChI is InChI=1S/C15H19N3O/c1-3-16-10-9-14(19)18-13-6-4-5-12-8-7-11(2)17-15(12)13/h4-8,16H,3,9-10H2,1-2H3,(H,18,19). The number of pyridine rings is 1. The summed E-state index contributed by atoms with van der Waals surface area (Å²) in [7, 11) is 0. The molecule has 0 saturated carbocycles. The first kappa shape index (κ1) is 13.5. The van der Waals surface area contributed by atoms with E-state index in [0.29, 0.717) is 13.0 Å². The molecule has 1 heterocycles. The Morgan fingerprint density at radius 1 is 1.26 bits per heavy atom. The average molecular weight is 257 g/mol. The second kappa shape index (κ2) is 6.29. The minimum Gasteiger partial charge on any atom is -0.324 e. The summed E-state index contributed by atoms with van der Waals surface area (Å²) in [5.74, 6) is 0.0109. The van der Waals surface area contributed by atoms with Gasteiger partial charge in [0, 0.05) is 24.0 Å². The molecule has 0 atom stereocenters. The highest BCUT2D eigenvalue weighted by Crippen LogP contribution is 2.21. The lowest BCUT2D eigenvalue weighted by Gasteiger charge is -2.08. The van der Waals surface area contributed by atoms with Crippen molar-refractivity contribution in [2.45, 2.75) is 20.3 Å². The van der Waals surface area contributed by atoms with E-state index in [1.165, 1.54) is 0 Å². The largest absolute Gasteiger partial charge is 0.324 e. The zero-order valence-electron chi connectivity index (χ0n) is 11.4. The third-order valence-electron chi connectivity index (χ3n) is 2.91. The fraction of sp³-hybridized carbons (Fsp3) is 0.333. The molecule has 0 aliphatic carbocycles. The third-order valence-corrected chi connectivity index (χ3v) is 2.91. The van der Waals surface area contributed by atoms with E-state index in [9.17, 15) is 4.79 Å². The number of nitrogens with one attached hydrogen (secondary N) is 2. The number of benzene rings is 1. The van der Waals surface area contributed by atoms with Crippen LogP contribution in [0.2, 0.25) is 0 Å². The molecule has 0 fully saturated rings. The zero-order chi connectivity index (χ0) is 13.7. The van der Waals surface area contributed by atoms with Crippen LogP contribution in [-0.4, -0.2) is 24.0 Å². The van der Waals surface area contributed by atoms with Crippen LogP contribution in [0, 0.1) is 6.92 Å². The second-order valence-electron chi connectivity index (χ2n) is 4.48. The summed E-state index contributed by atoms with van der Waals surface area (Å²) in [6.07, 6.45) is 0.468. The van der Waals surface area contributed by atoms with E-state index in [2.05, 4.69) is 15.6 Å². The van der Waals surface area contributed by atoms with Gasteiger partial charge in [-0.2, -0.15) is 0 Å². The Labute approximate surface area is 113 Å². The first-order valence-electron chi connectivity index (χ1n) is 6.57. The molecular formula is C15H19N3O. The average Bonchev–Trinajstić information content (AvgIpc) is 2.40. The van der Waals surface area contributed by atoms with E-state index in [0.717, 1.165) is 28.8 Å². The molecule has 0 saturated heterocycles. The van der Waals surface area contributed by atoms with Crippen LogP contribution >= 0.6 is 0 Å². The van der Waals surface area contributed by atoms with Gasteiger partial charge in [0.1, 0.15) is 0 Å². The normalized spacial score (nSPS) is 10.6. The van der Waals surface area contributed by atoms with E-state index < -0.39 is 0 Å². The van der Waals surface area contributed by atoms with Crippen LogP contribution in [0.3, 0.4) is 0 Å². The van der Waals surface area contributed by atoms with Crippen molar-refractivity contribution in [1.29, 1.82) is 0 Å². The Kier molecular flexibility index (Phi) is 4.47. The molecule has 0 aliphatic rings. The van der Waals surface area contributed by atoms with Crippen LogP contribution < -0.4 is 10.6 Å². The van der Waals surface area contributed by atoms with Crippen LogP contribution in [0.4, 0.5) is 5.69 Å². The van der Waals surface area contributed by atoms with Gasteiger partial charge in [0.2, 0.25) is 5.91 Å². The van der Waals surface area contributed by atoms with E-state index in [1.54, 1.807) is 0 Å². The molecule has 100 valence electrons. The van der Waals surface area contributed by atoms with E-state index in [1.807, 2.05) is 44.2 Å². The minimum atomic E-state index is 0.0109. The maximum atomic E-state index is 11.8. The van der Waals surface area contributed by atoms with Crippen molar-refractivity contribution < 1.29 is 4.79 Å². The van der Waals surface area contributed by atoms with Gasteiger partial charge in [0.05, 0.1) is 11.2 Å². The summed E-state index contributed by atoms with van der Waals surface area (Å²) >= 11 is 0. The van der Waals surface area contributed by atoms with Crippen LogP contribution in [0.5, 0.6) is 0 Å². The quantitative estimate of drug-likeness (QED) is 0.809. The van der Waals surface area contributed by atoms with Crippen molar-refractivity contribution in [2.75, 3.05) is 18.4 Å². The fourth-order valence-electron chi connectivity index (χ4n) is 1.94. The minimum absolute atomic E-state index is 0.0109. The molecule has 0 aliphatic heterocycles. The molecule has 1 aromatic carbocycles. The van der Waals surface area contributed by atoms with Crippen molar-refractivity contribution in [3.05, 3.63) is 36.0 Å². The van der Waals surface area contributed by atoms with Crippen molar-refractivity contribution in [3.63, 3.8) is 0 Å². The molecule has 2 N–H and O–H groups in total. The number of carbonyl (C=O) groups excluding carboxylic acids is 1. The number of rotatable bonds is 5. The highest BCUT2D eigenvalue weighted by Gasteiger charge is 2.06. The van der Waals surface area contributed by atoms with Gasteiger partial charge < -0.3 is 10.6 Å². The Morgan fingerprint density at radius 3 is 2.89 bits per heavy atom. The maximum Gasteiger partial charge on any atom is 0.225 e. The van der Waals surface area contributed by atoms with Gasteiger partial charge >= 0.3 is 0 Å². The lowest BCUT2D eigenvalue weighted by Crippen LogP contribution is -2.21. The Morgan fingerprint density at radius 2 is 2.11 bits per heavy atom. The summed E-state index contributed by atoms with van der Waals surface area (Å²) in [6, 6.07) is 9.81. The number of hydrogen-bond acceptors (Lipinski definition) is 3. The van der Waals surface area contributed by atoms with Crippen LogP contribution in [0.25, 0.3) is 10.9 Å². The van der Waals surface area contributed by atoms with Gasteiger partial charge in [0.15, 0.2) is 0 Å². The van der Waals surface area contributed by atoms with Gasteiger partial charge in [-0.25, -0.2) is 0 Å². The number of fused-ring (bicyclic) bond motifs is 1. The molecule has 1 aromatic heterocycles. The van der Waals surface area contributed by atoms with Crippen molar-refractivity contribution >= 4 is 22.5 Å². The number of aromatic nitrogens is 1. The summed E-state index contributed by atoms with van der Waals surface area (Å²) in [5, 5.41) is 7.10. The Hall–Kier alpha value is -1.94. The third kappa shape index (κ3) is 3.51. The van der Waals surface area contributed by atoms with Crippen molar-refractivity contribution in [3.8, 4) is 0 Å². The summed E-state index contributed by atoms with van der Waals surface area (Å²) in [6.45, 7) is 5.54. The Balaban J connectivity index is 2.16. The molecule has 0 spiro atoms. The molecule has 0 radical (unpaired) electrons. The zero-order valence-corrected chi connectivity index (χ0v) is 11.4. The maximum absolute atomic E-state index is 11.8. The first-order valence-corrected chi connectivity index (χ1v) is 6.57. The van der Waals surface area contributed by atoms with E-state index >= 15 is 0 Å². The van der Waals surface area contributed by atoms with Gasteiger partial charge in [-0.05, 0) is 25.6 Å². The highest BCUT2D eigenvalue weighted by molar-refractivity contribution is 6.00. The van der Waals surface area contributed by atoms with E-state index in [4.69, 9.17) is 0 Å². The lowest BCUT2D eigenvalue weighted by molar-refractivity contribution is -0.116. The first-order chi connectivity index (χ1) is 9.20. The predicted octanol–water partition coefficient (Wildman–Crippen LogP) is 2.48. The number of nitrogens with zero attached hydrogens (tertiary/aromatic N) is 1. The molecule has 2 aromatic rings.